The highest BCUT2D eigenvalue weighted by Gasteiger charge is 2.38. The second kappa shape index (κ2) is 15.3. The minimum atomic E-state index is -2.42. The molecule has 5 nitrogen and oxygen atoms in total. The van der Waals surface area contributed by atoms with Crippen molar-refractivity contribution < 1.29 is 23.2 Å². The molecule has 0 aromatic carbocycles. The molecule has 0 radical (unpaired) electrons. The van der Waals surface area contributed by atoms with E-state index in [1.807, 2.05) is 0 Å². The number of quaternary nitrogens is 1. The fraction of sp³-hybridized carbons (Fsp3) is 1.00. The van der Waals surface area contributed by atoms with E-state index in [1.165, 1.54) is 69.2 Å². The molecule has 0 aliphatic carbocycles. The van der Waals surface area contributed by atoms with Crippen LogP contribution in [0.3, 0.4) is 0 Å². The van der Waals surface area contributed by atoms with Crippen molar-refractivity contribution in [2.24, 2.45) is 0 Å². The summed E-state index contributed by atoms with van der Waals surface area (Å²) in [5.74, 6) is 0. The Morgan fingerprint density at radius 2 is 0.958 bits per heavy atom. The Kier molecular flexibility index (Phi) is 16.7. The van der Waals surface area contributed by atoms with Crippen LogP contribution < -0.4 is 0 Å². The van der Waals surface area contributed by atoms with Crippen LogP contribution in [0.15, 0.2) is 0 Å². The van der Waals surface area contributed by atoms with Crippen molar-refractivity contribution in [3.63, 3.8) is 0 Å². The number of rotatable bonds is 16. The molecule has 0 aromatic heterocycles. The second-order valence-electron chi connectivity index (χ2n) is 6.70. The molecule has 148 valence electrons. The van der Waals surface area contributed by atoms with E-state index in [9.17, 15) is 0 Å². The Labute approximate surface area is 151 Å². The number of nitrogens with zero attached hydrogens (tertiary/aromatic N) is 1. The maximum atomic E-state index is 5.58. The third kappa shape index (κ3) is 9.49. The summed E-state index contributed by atoms with van der Waals surface area (Å²) in [6.45, 7) is 12.1. The van der Waals surface area contributed by atoms with Crippen molar-refractivity contribution in [3.05, 3.63) is 0 Å². The summed E-state index contributed by atoms with van der Waals surface area (Å²) in [5.41, 5.74) is 0. The average Bonchev–Trinajstić information content (AvgIpc) is 2.60. The van der Waals surface area contributed by atoms with Crippen LogP contribution in [0.5, 0.6) is 0 Å². The molecule has 0 bridgehead atoms. The Morgan fingerprint density at radius 1 is 0.625 bits per heavy atom. The smallest absolute Gasteiger partial charge is 0.500 e. The van der Waals surface area contributed by atoms with E-state index < -0.39 is 8.80 Å². The Balaban J connectivity index is 0. The van der Waals surface area contributed by atoms with Gasteiger partial charge >= 0.3 is 8.80 Å². The first-order valence-electron chi connectivity index (χ1n) is 9.58. The maximum Gasteiger partial charge on any atom is 0.500 e. The summed E-state index contributed by atoms with van der Waals surface area (Å²) in [6, 6.07) is 0.918. The Hall–Kier alpha value is 0.0169. The van der Waals surface area contributed by atoms with Crippen molar-refractivity contribution in [1.82, 2.24) is 0 Å². The van der Waals surface area contributed by atoms with Crippen molar-refractivity contribution >= 4 is 8.80 Å². The van der Waals surface area contributed by atoms with Gasteiger partial charge in [0, 0.05) is 33.8 Å². The molecule has 0 rings (SSSR count). The lowest BCUT2D eigenvalue weighted by molar-refractivity contribution is -0.928. The van der Waals surface area contributed by atoms with E-state index in [1.54, 1.807) is 21.3 Å². The van der Waals surface area contributed by atoms with Gasteiger partial charge in [0.1, 0.15) is 0 Å². The summed E-state index contributed by atoms with van der Waals surface area (Å²) in [7, 11) is 2.72. The van der Waals surface area contributed by atoms with Crippen LogP contribution in [0.1, 0.15) is 65.7 Å². The van der Waals surface area contributed by atoms with E-state index >= 15 is 0 Å². The van der Waals surface area contributed by atoms with Crippen LogP contribution in [-0.2, 0) is 13.3 Å². The third-order valence-electron chi connectivity index (χ3n) is 5.01. The van der Waals surface area contributed by atoms with Gasteiger partial charge in [-0.25, -0.2) is 0 Å². The van der Waals surface area contributed by atoms with Crippen LogP contribution in [0, 0.1) is 0 Å². The van der Waals surface area contributed by atoms with Crippen molar-refractivity contribution in [2.45, 2.75) is 71.8 Å². The van der Waals surface area contributed by atoms with Gasteiger partial charge in [-0.2, -0.15) is 0 Å². The SMILES string of the molecule is CCCC[N+](CCCC)(CCCC)CCC[Si](OC)(OC)OC.[OH-]. The molecule has 0 heterocycles. The lowest BCUT2D eigenvalue weighted by Gasteiger charge is -2.40. The normalized spacial score (nSPS) is 12.2. The molecule has 24 heavy (non-hydrogen) atoms. The van der Waals surface area contributed by atoms with Gasteiger partial charge in [0.15, 0.2) is 0 Å². The average molecular weight is 366 g/mol. The molecule has 0 spiro atoms. The topological polar surface area (TPSA) is 57.7 Å². The van der Waals surface area contributed by atoms with Crippen molar-refractivity contribution in [3.8, 4) is 0 Å². The number of hydrogen-bond acceptors (Lipinski definition) is 4. The summed E-state index contributed by atoms with van der Waals surface area (Å²) in [5, 5.41) is 0. The van der Waals surface area contributed by atoms with Gasteiger partial charge in [0.25, 0.3) is 0 Å². The predicted molar refractivity (Wildman–Crippen MR) is 103 cm³/mol. The summed E-state index contributed by atoms with van der Waals surface area (Å²) in [4.78, 5) is 0. The number of unbranched alkanes of at least 4 members (excludes halogenated alkanes) is 3. The Morgan fingerprint density at radius 3 is 1.25 bits per heavy atom. The van der Waals surface area contributed by atoms with Gasteiger partial charge in [0.05, 0.1) is 26.2 Å². The monoisotopic (exact) mass is 365 g/mol. The minimum Gasteiger partial charge on any atom is -0.870 e. The van der Waals surface area contributed by atoms with Crippen LogP contribution in [0.2, 0.25) is 6.04 Å². The summed E-state index contributed by atoms with van der Waals surface area (Å²) < 4.78 is 18.0. The standard InChI is InChI=1S/C18H42NO3Si.H2O/c1-7-10-14-19(15-11-8-2,16-12-9-3)17-13-18-23(20-4,21-5)22-6;/h7-18H2,1-6H3;1H2/q+1;/p-1. The van der Waals surface area contributed by atoms with Crippen molar-refractivity contribution in [2.75, 3.05) is 47.5 Å². The highest BCUT2D eigenvalue weighted by Crippen LogP contribution is 2.20. The fourth-order valence-corrected chi connectivity index (χ4v) is 5.04. The van der Waals surface area contributed by atoms with Gasteiger partial charge < -0.3 is 23.2 Å². The minimum absolute atomic E-state index is 0. The zero-order valence-corrected chi connectivity index (χ0v) is 18.1. The zero-order valence-electron chi connectivity index (χ0n) is 17.1. The summed E-state index contributed by atoms with van der Waals surface area (Å²) >= 11 is 0. The van der Waals surface area contributed by atoms with Gasteiger partial charge in [-0.1, -0.05) is 40.0 Å². The molecule has 0 fully saturated rings. The molecule has 0 amide bonds. The van der Waals surface area contributed by atoms with E-state index in [4.69, 9.17) is 13.3 Å². The molecule has 0 unspecified atom stereocenters. The molecule has 0 saturated carbocycles. The lowest BCUT2D eigenvalue weighted by atomic mass is 10.1. The summed E-state index contributed by atoms with van der Waals surface area (Å²) in [6.07, 6.45) is 8.96. The first kappa shape index (κ1) is 26.2. The molecule has 0 saturated heterocycles. The molecule has 0 aromatic rings. The molecular weight excluding hydrogens is 322 g/mol. The van der Waals surface area contributed by atoms with Gasteiger partial charge in [-0.05, 0) is 19.3 Å². The highest BCUT2D eigenvalue weighted by atomic mass is 28.4. The van der Waals surface area contributed by atoms with Gasteiger partial charge in [0.2, 0.25) is 0 Å². The molecule has 0 atom stereocenters. The first-order valence-corrected chi connectivity index (χ1v) is 11.5. The lowest BCUT2D eigenvalue weighted by Crippen LogP contribution is -2.52. The van der Waals surface area contributed by atoms with E-state index in [2.05, 4.69) is 20.8 Å². The molecule has 0 aliphatic rings. The zero-order chi connectivity index (χ0) is 17.6. The predicted octanol–water partition coefficient (Wildman–Crippen LogP) is 4.29. The third-order valence-corrected chi connectivity index (χ3v) is 7.84. The molecule has 1 N–H and O–H groups in total. The van der Waals surface area contributed by atoms with Gasteiger partial charge in [-0.3, -0.25) is 0 Å². The Bertz CT molecular complexity index is 246. The van der Waals surface area contributed by atoms with Crippen LogP contribution in [-0.4, -0.2) is 66.3 Å². The van der Waals surface area contributed by atoms with Crippen molar-refractivity contribution in [1.29, 1.82) is 0 Å². The first-order chi connectivity index (χ1) is 11.1. The van der Waals surface area contributed by atoms with E-state index in [0.29, 0.717) is 0 Å². The molecule has 0 aliphatic heterocycles. The maximum absolute atomic E-state index is 5.58. The second-order valence-corrected chi connectivity index (χ2v) is 9.79. The van der Waals surface area contributed by atoms with E-state index in [0.717, 1.165) is 12.5 Å². The van der Waals surface area contributed by atoms with Gasteiger partial charge in [-0.15, -0.1) is 0 Å². The number of hydrogen-bond donors (Lipinski definition) is 0. The van der Waals surface area contributed by atoms with Crippen LogP contribution in [0.25, 0.3) is 0 Å². The largest absolute Gasteiger partial charge is 0.870 e. The quantitative estimate of drug-likeness (QED) is 0.302. The van der Waals surface area contributed by atoms with Crippen LogP contribution >= 0.6 is 0 Å². The fourth-order valence-electron chi connectivity index (χ4n) is 3.34. The highest BCUT2D eigenvalue weighted by molar-refractivity contribution is 6.60. The van der Waals surface area contributed by atoms with E-state index in [-0.39, 0.29) is 5.48 Å². The molecule has 6 heteroatoms. The van der Waals surface area contributed by atoms with Crippen LogP contribution in [0.4, 0.5) is 0 Å². The molecular formula is C18H43NO4Si.